The van der Waals surface area contributed by atoms with Crippen LogP contribution in [0.25, 0.3) is 10.9 Å². The first-order valence-electron chi connectivity index (χ1n) is 11.9. The number of amides is 2. The minimum Gasteiger partial charge on any atom is -0.350 e. The van der Waals surface area contributed by atoms with Crippen molar-refractivity contribution in [3.05, 3.63) is 70.1 Å². The number of carbonyl (C=O) groups excluding carboxylic acids is 3. The topological polar surface area (TPSA) is 62.4 Å². The summed E-state index contributed by atoms with van der Waals surface area (Å²) in [6, 6.07) is 10.00. The van der Waals surface area contributed by atoms with Crippen LogP contribution in [0.3, 0.4) is 0 Å². The number of ketones is 1. The molecule has 6 nitrogen and oxygen atoms in total. The van der Waals surface area contributed by atoms with Crippen molar-refractivity contribution >= 4 is 40.1 Å². The maximum Gasteiger partial charge on any atom is 0.295 e. The fourth-order valence-electron chi connectivity index (χ4n) is 4.98. The molecule has 0 aliphatic carbocycles. The van der Waals surface area contributed by atoms with Crippen LogP contribution in [0.2, 0.25) is 5.02 Å². The number of carbonyl (C=O) groups is 3. The molecule has 35 heavy (non-hydrogen) atoms. The van der Waals surface area contributed by atoms with Crippen LogP contribution in [0, 0.1) is 11.7 Å². The van der Waals surface area contributed by atoms with Crippen molar-refractivity contribution in [2.75, 3.05) is 19.6 Å². The van der Waals surface area contributed by atoms with E-state index in [9.17, 15) is 18.8 Å². The average molecular weight is 496 g/mol. The summed E-state index contributed by atoms with van der Waals surface area (Å²) in [6.45, 7) is 3.69. The van der Waals surface area contributed by atoms with Gasteiger partial charge in [0.25, 0.3) is 17.6 Å². The smallest absolute Gasteiger partial charge is 0.295 e. The third-order valence-electron chi connectivity index (χ3n) is 7.21. The van der Waals surface area contributed by atoms with Crippen molar-refractivity contribution in [3.63, 3.8) is 0 Å². The highest BCUT2D eigenvalue weighted by Gasteiger charge is 2.39. The van der Waals surface area contributed by atoms with E-state index in [1.807, 2.05) is 19.1 Å². The Balaban J connectivity index is 1.33. The maximum atomic E-state index is 13.4. The normalized spacial score (nSPS) is 18.2. The Kier molecular flexibility index (Phi) is 6.13. The first-order valence-corrected chi connectivity index (χ1v) is 12.3. The van der Waals surface area contributed by atoms with Gasteiger partial charge in [0.2, 0.25) is 0 Å². The lowest BCUT2D eigenvalue weighted by atomic mass is 9.90. The molecule has 3 heterocycles. The van der Waals surface area contributed by atoms with Crippen molar-refractivity contribution in [2.45, 2.75) is 32.2 Å². The molecule has 1 aromatic heterocycles. The lowest BCUT2D eigenvalue weighted by Gasteiger charge is -2.32. The van der Waals surface area contributed by atoms with Crippen LogP contribution in [-0.4, -0.2) is 57.6 Å². The maximum absolute atomic E-state index is 13.4. The molecule has 2 aliphatic rings. The molecule has 2 saturated heterocycles. The van der Waals surface area contributed by atoms with Crippen molar-refractivity contribution in [1.82, 2.24) is 14.4 Å². The predicted octanol–water partition coefficient (Wildman–Crippen LogP) is 4.48. The first kappa shape index (κ1) is 23.5. The van der Waals surface area contributed by atoms with Gasteiger partial charge in [0.05, 0.1) is 21.7 Å². The molecule has 2 aliphatic heterocycles. The first-order chi connectivity index (χ1) is 16.7. The van der Waals surface area contributed by atoms with Gasteiger partial charge in [0, 0.05) is 44.3 Å². The van der Waals surface area contributed by atoms with Crippen LogP contribution < -0.4 is 0 Å². The van der Waals surface area contributed by atoms with Crippen LogP contribution >= 0.6 is 11.6 Å². The number of benzene rings is 2. The van der Waals surface area contributed by atoms with Gasteiger partial charge in [-0.15, -0.1) is 0 Å². The highest BCUT2D eigenvalue weighted by molar-refractivity contribution is 6.45. The van der Waals surface area contributed by atoms with E-state index in [1.54, 1.807) is 34.8 Å². The summed E-state index contributed by atoms with van der Waals surface area (Å²) >= 11 is 6.52. The summed E-state index contributed by atoms with van der Waals surface area (Å²) in [7, 11) is 1.79. The molecule has 182 valence electrons. The number of rotatable bonds is 5. The fourth-order valence-corrected chi connectivity index (χ4v) is 5.22. The molecular weight excluding hydrogens is 469 g/mol. The summed E-state index contributed by atoms with van der Waals surface area (Å²) in [5.41, 5.74) is 2.41. The van der Waals surface area contributed by atoms with Gasteiger partial charge >= 0.3 is 0 Å². The third kappa shape index (κ3) is 4.57. The Hall–Kier alpha value is -3.19. The lowest BCUT2D eigenvalue weighted by molar-refractivity contribution is -0.121. The molecule has 5 rings (SSSR count). The number of halogens is 2. The number of hydrogen-bond donors (Lipinski definition) is 0. The number of Topliss-reactive ketones (excluding diaryl/α,β-unsaturated/α-hetero) is 1. The Morgan fingerprint density at radius 1 is 1.06 bits per heavy atom. The molecular formula is C27H27ClFN3O3. The van der Waals surface area contributed by atoms with Crippen LogP contribution in [0.4, 0.5) is 4.39 Å². The molecule has 1 unspecified atom stereocenters. The lowest BCUT2D eigenvalue weighted by Crippen LogP contribution is -2.39. The number of fused-ring (bicyclic) bond motifs is 1. The Bertz CT molecular complexity index is 1330. The molecule has 0 saturated carbocycles. The molecule has 0 spiro atoms. The zero-order valence-corrected chi connectivity index (χ0v) is 20.5. The van der Waals surface area contributed by atoms with E-state index in [0.717, 1.165) is 24.8 Å². The minimum absolute atomic E-state index is 0.0824. The Morgan fingerprint density at radius 2 is 1.71 bits per heavy atom. The zero-order valence-electron chi connectivity index (χ0n) is 19.8. The van der Waals surface area contributed by atoms with E-state index >= 15 is 0 Å². The standard InChI is InChI=1S/C27H27ClFN3O3/c1-16-14-32(16)27(35)25(33)22-15-30(2)24-13-23(28)21(12-20(22)24)26(34)31-9-7-18(8-10-31)11-17-3-5-19(29)6-4-17/h3-6,12-13,15-16,18H,7-11,14H2,1-2H3. The van der Waals surface area contributed by atoms with E-state index in [-0.39, 0.29) is 23.3 Å². The zero-order chi connectivity index (χ0) is 24.9. The molecule has 2 aromatic carbocycles. The van der Waals surface area contributed by atoms with Gasteiger partial charge in [0.1, 0.15) is 5.82 Å². The molecule has 0 radical (unpaired) electrons. The molecule has 3 aromatic rings. The van der Waals surface area contributed by atoms with E-state index in [4.69, 9.17) is 11.6 Å². The SMILES string of the molecule is CC1CN1C(=O)C(=O)c1cn(C)c2cc(Cl)c(C(=O)N3CCC(Cc4ccc(F)cc4)CC3)cc12. The second-order valence-corrected chi connectivity index (χ2v) is 10.1. The molecule has 1 atom stereocenters. The van der Waals surface area contributed by atoms with Crippen LogP contribution in [-0.2, 0) is 18.3 Å². The molecule has 0 bridgehead atoms. The summed E-state index contributed by atoms with van der Waals surface area (Å²) in [5.74, 6) is -1.08. The van der Waals surface area contributed by atoms with Crippen molar-refractivity contribution in [3.8, 4) is 0 Å². The van der Waals surface area contributed by atoms with Gasteiger partial charge in [-0.1, -0.05) is 23.7 Å². The third-order valence-corrected chi connectivity index (χ3v) is 7.52. The summed E-state index contributed by atoms with van der Waals surface area (Å²) in [6.07, 6.45) is 4.18. The number of aromatic nitrogens is 1. The van der Waals surface area contributed by atoms with Gasteiger partial charge in [-0.3, -0.25) is 14.4 Å². The highest BCUT2D eigenvalue weighted by atomic mass is 35.5. The molecule has 8 heteroatoms. The van der Waals surface area contributed by atoms with E-state index in [2.05, 4.69) is 0 Å². The van der Waals surface area contributed by atoms with Gasteiger partial charge in [0.15, 0.2) is 0 Å². The van der Waals surface area contributed by atoms with Gasteiger partial charge < -0.3 is 14.4 Å². The predicted molar refractivity (Wildman–Crippen MR) is 132 cm³/mol. The second-order valence-electron chi connectivity index (χ2n) is 9.70. The fraction of sp³-hybridized carbons (Fsp3) is 0.370. The highest BCUT2D eigenvalue weighted by Crippen LogP contribution is 2.31. The van der Waals surface area contributed by atoms with Crippen molar-refractivity contribution < 1.29 is 18.8 Å². The van der Waals surface area contributed by atoms with Crippen molar-refractivity contribution in [2.24, 2.45) is 13.0 Å². The van der Waals surface area contributed by atoms with Gasteiger partial charge in [-0.05, 0) is 61.9 Å². The van der Waals surface area contributed by atoms with Crippen LogP contribution in [0.1, 0.15) is 46.0 Å². The van der Waals surface area contributed by atoms with Crippen LogP contribution in [0.5, 0.6) is 0 Å². The number of nitrogens with zero attached hydrogens (tertiary/aromatic N) is 3. The molecule has 0 N–H and O–H groups in total. The number of hydrogen-bond acceptors (Lipinski definition) is 3. The van der Waals surface area contributed by atoms with Crippen LogP contribution in [0.15, 0.2) is 42.6 Å². The van der Waals surface area contributed by atoms with Crippen molar-refractivity contribution in [1.29, 1.82) is 0 Å². The second kappa shape index (κ2) is 9.11. The summed E-state index contributed by atoms with van der Waals surface area (Å²) < 4.78 is 14.9. The minimum atomic E-state index is -0.567. The van der Waals surface area contributed by atoms with E-state index in [1.165, 1.54) is 17.0 Å². The number of piperidine rings is 1. The van der Waals surface area contributed by atoms with E-state index in [0.29, 0.717) is 47.0 Å². The molecule has 2 fully saturated rings. The van der Waals surface area contributed by atoms with Gasteiger partial charge in [-0.2, -0.15) is 0 Å². The number of aryl methyl sites for hydroxylation is 1. The Labute approximate surface area is 208 Å². The quantitative estimate of drug-likeness (QED) is 0.298. The summed E-state index contributed by atoms with van der Waals surface area (Å²) in [5, 5.41) is 0.876. The monoisotopic (exact) mass is 495 g/mol. The van der Waals surface area contributed by atoms with Gasteiger partial charge in [-0.25, -0.2) is 4.39 Å². The molecule has 2 amide bonds. The largest absolute Gasteiger partial charge is 0.350 e. The average Bonchev–Trinajstić information content (AvgIpc) is 3.50. The summed E-state index contributed by atoms with van der Waals surface area (Å²) in [4.78, 5) is 42.1. The van der Waals surface area contributed by atoms with E-state index < -0.39 is 11.7 Å². The number of likely N-dealkylation sites (tertiary alicyclic amines) is 1. The Morgan fingerprint density at radius 3 is 2.34 bits per heavy atom.